The molecule has 2 N–H and O–H groups in total. The number of likely N-dealkylation sites (tertiary alicyclic amines) is 1. The second kappa shape index (κ2) is 12.0. The molecule has 41 heavy (non-hydrogen) atoms. The van der Waals surface area contributed by atoms with E-state index in [0.29, 0.717) is 39.1 Å². The quantitative estimate of drug-likeness (QED) is 0.284. The smallest absolute Gasteiger partial charge is 0.490 e. The van der Waals surface area contributed by atoms with Crippen LogP contribution in [0.2, 0.25) is 0 Å². The monoisotopic (exact) mass is 574 g/mol. The number of para-hydroxylation sites is 1. The van der Waals surface area contributed by atoms with Crippen LogP contribution in [-0.2, 0) is 26.3 Å². The van der Waals surface area contributed by atoms with Gasteiger partial charge in [0.2, 0.25) is 5.91 Å². The highest BCUT2D eigenvalue weighted by Gasteiger charge is 2.50. The fourth-order valence-corrected chi connectivity index (χ4v) is 5.83. The summed E-state index contributed by atoms with van der Waals surface area (Å²) in [5, 5.41) is 3.90. The van der Waals surface area contributed by atoms with Crippen LogP contribution in [0.25, 0.3) is 10.9 Å². The van der Waals surface area contributed by atoms with Crippen molar-refractivity contribution in [3.8, 4) is 11.5 Å². The van der Waals surface area contributed by atoms with Crippen molar-refractivity contribution in [2.24, 2.45) is 0 Å². The first-order valence-corrected chi connectivity index (χ1v) is 13.6. The number of hydrogen-bond donors (Lipinski definition) is 2. The highest BCUT2D eigenvalue weighted by molar-refractivity contribution is 5.88. The van der Waals surface area contributed by atoms with Gasteiger partial charge in [0.05, 0.1) is 19.2 Å². The Morgan fingerprint density at radius 3 is 2.63 bits per heavy atom. The van der Waals surface area contributed by atoms with E-state index in [1.165, 1.54) is 0 Å². The van der Waals surface area contributed by atoms with Crippen LogP contribution in [0.15, 0.2) is 48.5 Å². The van der Waals surface area contributed by atoms with Crippen LogP contribution in [-0.4, -0.2) is 92.4 Å². The molecule has 0 bridgehead atoms. The second-order valence-corrected chi connectivity index (χ2v) is 10.2. The molecule has 1 saturated heterocycles. The summed E-state index contributed by atoms with van der Waals surface area (Å²) in [6.45, 7) is 2.40. The number of benzene rings is 2. The zero-order chi connectivity index (χ0) is 29.0. The molecule has 3 aromatic rings. The van der Waals surface area contributed by atoms with Crippen molar-refractivity contribution in [2.45, 2.75) is 24.6 Å². The van der Waals surface area contributed by atoms with E-state index in [4.69, 9.17) is 9.47 Å². The molecule has 0 saturated carbocycles. The van der Waals surface area contributed by atoms with Gasteiger partial charge in [0.1, 0.15) is 24.7 Å². The van der Waals surface area contributed by atoms with Gasteiger partial charge in [-0.15, -0.1) is 0 Å². The van der Waals surface area contributed by atoms with Crippen LogP contribution in [0.4, 0.5) is 13.2 Å². The number of nitrogens with one attached hydrogen (secondary N) is 2. The van der Waals surface area contributed by atoms with Crippen molar-refractivity contribution in [3.05, 3.63) is 59.8 Å². The maximum Gasteiger partial charge on any atom is 0.490 e. The Labute approximate surface area is 235 Å². The van der Waals surface area contributed by atoms with E-state index >= 15 is 0 Å². The third kappa shape index (κ3) is 6.13. The molecule has 0 aliphatic carbocycles. The molecule has 2 aliphatic rings. The molecule has 9 nitrogen and oxygen atoms in total. The summed E-state index contributed by atoms with van der Waals surface area (Å²) in [7, 11) is 1.63. The fraction of sp³-hybridized carbons (Fsp3) is 0.448. The molecule has 1 unspecified atom stereocenters. The number of halogens is 3. The molecule has 220 valence electrons. The summed E-state index contributed by atoms with van der Waals surface area (Å²) < 4.78 is 52.7. The minimum atomic E-state index is -5.04. The zero-order valence-electron chi connectivity index (χ0n) is 22.8. The first-order chi connectivity index (χ1) is 19.7. The van der Waals surface area contributed by atoms with Crippen molar-refractivity contribution in [3.63, 3.8) is 0 Å². The maximum absolute atomic E-state index is 13.5. The average Bonchev–Trinajstić information content (AvgIpc) is 3.55. The van der Waals surface area contributed by atoms with Gasteiger partial charge >= 0.3 is 12.1 Å². The van der Waals surface area contributed by atoms with Gasteiger partial charge in [-0.05, 0) is 48.7 Å². The summed E-state index contributed by atoms with van der Waals surface area (Å²) >= 11 is 0. The lowest BCUT2D eigenvalue weighted by atomic mass is 9.83. The number of esters is 1. The third-order valence-electron chi connectivity index (χ3n) is 7.75. The number of carbonyl (C=O) groups is 2. The first-order valence-electron chi connectivity index (χ1n) is 13.6. The van der Waals surface area contributed by atoms with Gasteiger partial charge < -0.3 is 29.4 Å². The number of alkyl halides is 3. The van der Waals surface area contributed by atoms with Crippen molar-refractivity contribution in [2.75, 3.05) is 59.6 Å². The number of fused-ring (bicyclic) bond motifs is 4. The Kier molecular flexibility index (Phi) is 8.41. The first kappa shape index (κ1) is 28.7. The minimum absolute atomic E-state index is 0.0746. The average molecular weight is 575 g/mol. The number of nitrogens with zero attached hydrogens (tertiary/aromatic N) is 2. The topological polar surface area (TPSA) is 96.1 Å². The van der Waals surface area contributed by atoms with E-state index in [9.17, 15) is 22.8 Å². The molecule has 5 rings (SSSR count). The summed E-state index contributed by atoms with van der Waals surface area (Å²) in [6, 6.07) is 15.5. The highest BCUT2D eigenvalue weighted by atomic mass is 19.4. The molecule has 1 amide bonds. The summed E-state index contributed by atoms with van der Waals surface area (Å²) in [6.07, 6.45) is -3.68. The number of rotatable bonds is 10. The molecule has 0 radical (unpaired) electrons. The van der Waals surface area contributed by atoms with Crippen molar-refractivity contribution < 1.29 is 37.0 Å². The normalized spacial score (nSPS) is 19.0. The fourth-order valence-electron chi connectivity index (χ4n) is 5.83. The lowest BCUT2D eigenvalue weighted by Crippen LogP contribution is -2.57. The predicted octanol–water partition coefficient (Wildman–Crippen LogP) is 3.24. The predicted molar refractivity (Wildman–Crippen MR) is 145 cm³/mol. The van der Waals surface area contributed by atoms with Gasteiger partial charge in [-0.1, -0.05) is 18.2 Å². The molecule has 1 fully saturated rings. The number of ether oxygens (including phenoxy) is 3. The number of methoxy groups -OCH3 is 1. The zero-order valence-corrected chi connectivity index (χ0v) is 22.8. The number of amides is 1. The summed E-state index contributed by atoms with van der Waals surface area (Å²) in [5.41, 5.74) is 2.54. The van der Waals surface area contributed by atoms with E-state index in [-0.39, 0.29) is 19.0 Å². The molecule has 1 aromatic heterocycles. The molecule has 2 aliphatic heterocycles. The van der Waals surface area contributed by atoms with Gasteiger partial charge in [0, 0.05) is 49.3 Å². The van der Waals surface area contributed by atoms with Crippen LogP contribution in [0.1, 0.15) is 17.7 Å². The Balaban J connectivity index is 1.31. The maximum atomic E-state index is 13.5. The van der Waals surface area contributed by atoms with E-state index in [0.717, 1.165) is 40.2 Å². The summed E-state index contributed by atoms with van der Waals surface area (Å²) in [4.78, 5) is 32.2. The lowest BCUT2D eigenvalue weighted by molar-refractivity contribution is -0.199. The molecule has 3 heterocycles. The number of H-pyrrole nitrogens is 1. The number of aromatic amines is 1. The van der Waals surface area contributed by atoms with E-state index < -0.39 is 24.3 Å². The molecular formula is C29H33F3N4O5. The van der Waals surface area contributed by atoms with Gasteiger partial charge in [-0.3, -0.25) is 9.69 Å². The van der Waals surface area contributed by atoms with Crippen LogP contribution in [0.5, 0.6) is 11.5 Å². The third-order valence-corrected chi connectivity index (χ3v) is 7.75. The van der Waals surface area contributed by atoms with Crippen LogP contribution < -0.4 is 14.8 Å². The van der Waals surface area contributed by atoms with Crippen molar-refractivity contribution >= 4 is 22.8 Å². The number of aromatic nitrogens is 1. The highest BCUT2D eigenvalue weighted by Crippen LogP contribution is 2.45. The molecule has 1 atom stereocenters. The largest absolute Gasteiger partial charge is 0.497 e. The van der Waals surface area contributed by atoms with E-state index in [1.54, 1.807) is 7.11 Å². The summed E-state index contributed by atoms with van der Waals surface area (Å²) in [5.74, 6) is -0.856. The van der Waals surface area contributed by atoms with Crippen LogP contribution >= 0.6 is 0 Å². The van der Waals surface area contributed by atoms with Crippen molar-refractivity contribution in [1.29, 1.82) is 0 Å². The molecule has 1 spiro atoms. The Bertz CT molecular complexity index is 1380. The molecule has 2 aromatic carbocycles. The van der Waals surface area contributed by atoms with Gasteiger partial charge in [0.25, 0.3) is 0 Å². The second-order valence-electron chi connectivity index (χ2n) is 10.2. The standard InChI is InChI=1S/C29H33F3N4O5/c1-39-21-7-8-24-23(17-21)22-9-12-36(25(37)18-33-11-15-41-27(38)29(30,31)32)28(26(22)34-24)10-13-35(19-28)14-16-40-20-5-3-2-4-6-20/h2-8,17,33-34H,9-16,18-19H2,1H3. The van der Waals surface area contributed by atoms with Crippen molar-refractivity contribution in [1.82, 2.24) is 20.1 Å². The minimum Gasteiger partial charge on any atom is -0.497 e. The SMILES string of the molecule is COc1ccc2[nH]c3c(c2c1)CCN(C(=O)CNCCOC(=O)C(F)(F)F)C31CCN(CCOc2ccccc2)C1. The van der Waals surface area contributed by atoms with E-state index in [1.807, 2.05) is 53.4 Å². The Morgan fingerprint density at radius 2 is 1.88 bits per heavy atom. The van der Waals surface area contributed by atoms with E-state index in [2.05, 4.69) is 19.9 Å². The van der Waals surface area contributed by atoms with Gasteiger partial charge in [-0.2, -0.15) is 13.2 Å². The van der Waals surface area contributed by atoms with Crippen LogP contribution in [0.3, 0.4) is 0 Å². The van der Waals surface area contributed by atoms with Gasteiger partial charge in [0.15, 0.2) is 0 Å². The Hall–Kier alpha value is -3.77. The lowest BCUT2D eigenvalue weighted by Gasteiger charge is -2.45. The number of hydrogen-bond acceptors (Lipinski definition) is 7. The molecule has 12 heteroatoms. The Morgan fingerprint density at radius 1 is 1.07 bits per heavy atom. The van der Waals surface area contributed by atoms with Crippen LogP contribution in [0, 0.1) is 0 Å². The van der Waals surface area contributed by atoms with Gasteiger partial charge in [-0.25, -0.2) is 4.79 Å². The molecular weight excluding hydrogens is 541 g/mol. The number of carbonyl (C=O) groups excluding carboxylic acids is 2.